The van der Waals surface area contributed by atoms with Crippen LogP contribution in [0.4, 0.5) is 24.5 Å². The summed E-state index contributed by atoms with van der Waals surface area (Å²) in [6.07, 6.45) is 6.80. The fraction of sp³-hybridized carbons (Fsp3) is 0.543. The number of anilines is 2. The van der Waals surface area contributed by atoms with Gasteiger partial charge in [-0.05, 0) is 93.7 Å². The smallest absolute Gasteiger partial charge is 0.382 e. The predicted molar refractivity (Wildman–Crippen MR) is 229 cm³/mol. The average molecular weight is 875 g/mol. The highest BCUT2D eigenvalue weighted by molar-refractivity contribution is 6.07. The highest BCUT2D eigenvalue weighted by Crippen LogP contribution is 2.42. The van der Waals surface area contributed by atoms with Crippen molar-refractivity contribution >= 4 is 46.7 Å². The van der Waals surface area contributed by atoms with Crippen LogP contribution < -0.4 is 27.0 Å². The molecular weight excluding hydrogens is 818 g/mol. The van der Waals surface area contributed by atoms with Gasteiger partial charge in [-0.15, -0.1) is 0 Å². The van der Waals surface area contributed by atoms with E-state index in [0.29, 0.717) is 40.7 Å². The molecular formula is C46H57F3N8O6. The normalized spacial score (nSPS) is 20.9. The quantitative estimate of drug-likeness (QED) is 0.0702. The summed E-state index contributed by atoms with van der Waals surface area (Å²) in [5, 5.41) is 16.3. The summed E-state index contributed by atoms with van der Waals surface area (Å²) in [6, 6.07) is 9.46. The molecule has 1 unspecified atom stereocenters. The third kappa shape index (κ3) is 10.6. The first-order valence-corrected chi connectivity index (χ1v) is 22.2. The second-order valence-electron chi connectivity index (χ2n) is 18.3. The Morgan fingerprint density at radius 3 is 2.29 bits per heavy atom. The predicted octanol–water partition coefficient (Wildman–Crippen LogP) is 6.98. The van der Waals surface area contributed by atoms with Crippen molar-refractivity contribution in [2.75, 3.05) is 17.2 Å². The summed E-state index contributed by atoms with van der Waals surface area (Å²) in [4.78, 5) is 76.7. The van der Waals surface area contributed by atoms with Crippen LogP contribution in [0.3, 0.4) is 0 Å². The Bertz CT molecular complexity index is 2260. The number of imide groups is 1. The van der Waals surface area contributed by atoms with Crippen LogP contribution >= 0.6 is 0 Å². The number of ketones is 1. The number of benzene rings is 2. The SMILES string of the molecule is CC1(C)CC(=O)c2c(C(F)(F)F)nn(-c3ccc(C(N)=O)c(NC4CCC(NCCCCCCCCCC(=O)Nc5cccc6c5CN(C5CCC(=O)NC5=O)C6=O)CC4)c3)c2C1. The minimum absolute atomic E-state index is 0.00394. The van der Waals surface area contributed by atoms with Crippen molar-refractivity contribution in [2.45, 2.75) is 147 Å². The molecule has 3 heterocycles. The molecule has 14 nitrogen and oxygen atoms in total. The van der Waals surface area contributed by atoms with Gasteiger partial charge in [0.15, 0.2) is 11.5 Å². The van der Waals surface area contributed by atoms with E-state index < -0.39 is 40.9 Å². The molecule has 338 valence electrons. The van der Waals surface area contributed by atoms with E-state index in [1.165, 1.54) is 21.7 Å². The number of nitrogens with one attached hydrogen (secondary N) is 4. The molecule has 3 aromatic rings. The molecule has 0 bridgehead atoms. The van der Waals surface area contributed by atoms with E-state index in [9.17, 15) is 41.9 Å². The maximum Gasteiger partial charge on any atom is 0.435 e. The Morgan fingerprint density at radius 1 is 0.889 bits per heavy atom. The van der Waals surface area contributed by atoms with Crippen molar-refractivity contribution in [1.82, 2.24) is 25.3 Å². The number of fused-ring (bicyclic) bond motifs is 2. The molecule has 1 saturated carbocycles. The molecule has 1 saturated heterocycles. The molecule has 0 radical (unpaired) electrons. The van der Waals surface area contributed by atoms with Crippen LogP contribution in [0.5, 0.6) is 0 Å². The van der Waals surface area contributed by atoms with Crippen molar-refractivity contribution in [3.05, 3.63) is 70.0 Å². The maximum atomic E-state index is 14.1. The van der Waals surface area contributed by atoms with Gasteiger partial charge in [-0.2, -0.15) is 18.3 Å². The molecule has 63 heavy (non-hydrogen) atoms. The summed E-state index contributed by atoms with van der Waals surface area (Å²) in [5.41, 5.74) is 6.50. The summed E-state index contributed by atoms with van der Waals surface area (Å²) < 4.78 is 43.4. The summed E-state index contributed by atoms with van der Waals surface area (Å²) in [6.45, 7) is 4.80. The molecule has 7 rings (SSSR count). The standard InChI is InChI=1S/C46H57F3N8O6/c1-45(2)24-36-40(37(58)25-45)41(46(47,48)49)55-57(36)29-18-19-31(42(50)61)34(23-29)52-28-16-14-27(15-17-28)51-22-9-7-5-3-4-6-8-13-38(59)53-33-12-10-11-30-32(33)26-56(44(30)63)35-20-21-39(60)54-43(35)62/h10-12,18-19,23,27-28,35,51-52H,3-9,13-17,20-22,24-26H2,1-2H3,(H2,50,61)(H,53,59)(H,54,60,62). The Kier molecular flexibility index (Phi) is 13.7. The largest absolute Gasteiger partial charge is 0.435 e. The fourth-order valence-electron chi connectivity index (χ4n) is 9.54. The number of aromatic nitrogens is 2. The fourth-order valence-corrected chi connectivity index (χ4v) is 9.54. The number of primary amides is 1. The van der Waals surface area contributed by atoms with Gasteiger partial charge in [0, 0.05) is 60.4 Å². The number of nitrogens with two attached hydrogens (primary N) is 1. The van der Waals surface area contributed by atoms with Gasteiger partial charge in [0.25, 0.3) is 11.8 Å². The summed E-state index contributed by atoms with van der Waals surface area (Å²) in [5.74, 6) is -2.45. The van der Waals surface area contributed by atoms with Crippen molar-refractivity contribution in [3.8, 4) is 5.69 Å². The molecule has 1 atom stereocenters. The number of carbonyl (C=O) groups excluding carboxylic acids is 6. The van der Waals surface area contributed by atoms with E-state index in [-0.39, 0.29) is 72.8 Å². The molecule has 2 aliphatic heterocycles. The van der Waals surface area contributed by atoms with Crippen LogP contribution in [0.25, 0.3) is 5.69 Å². The lowest BCUT2D eigenvalue weighted by molar-refractivity contribution is -0.142. The minimum atomic E-state index is -4.80. The summed E-state index contributed by atoms with van der Waals surface area (Å²) in [7, 11) is 0. The topological polar surface area (TPSA) is 198 Å². The molecule has 1 aromatic heterocycles. The Balaban J connectivity index is 0.789. The van der Waals surface area contributed by atoms with E-state index in [2.05, 4.69) is 26.4 Å². The molecule has 4 aliphatic rings. The highest BCUT2D eigenvalue weighted by Gasteiger charge is 2.46. The second kappa shape index (κ2) is 19.0. The van der Waals surface area contributed by atoms with E-state index in [4.69, 9.17) is 5.73 Å². The van der Waals surface area contributed by atoms with Gasteiger partial charge in [-0.25, -0.2) is 4.68 Å². The van der Waals surface area contributed by atoms with Crippen LogP contribution in [-0.4, -0.2) is 74.7 Å². The zero-order chi connectivity index (χ0) is 45.1. The van der Waals surface area contributed by atoms with Gasteiger partial charge in [0.05, 0.1) is 22.5 Å². The van der Waals surface area contributed by atoms with Crippen molar-refractivity contribution < 1.29 is 41.9 Å². The average Bonchev–Trinajstić information content (AvgIpc) is 3.77. The van der Waals surface area contributed by atoms with E-state index in [1.807, 2.05) is 13.8 Å². The van der Waals surface area contributed by atoms with Crippen LogP contribution in [0.1, 0.15) is 158 Å². The van der Waals surface area contributed by atoms with Gasteiger partial charge >= 0.3 is 6.18 Å². The first-order chi connectivity index (χ1) is 30.0. The molecule has 2 aromatic carbocycles. The van der Waals surface area contributed by atoms with Gasteiger partial charge in [-0.1, -0.05) is 52.0 Å². The van der Waals surface area contributed by atoms with Crippen LogP contribution in [-0.2, 0) is 33.5 Å². The van der Waals surface area contributed by atoms with Gasteiger partial charge in [0.1, 0.15) is 6.04 Å². The third-order valence-corrected chi connectivity index (χ3v) is 12.8. The number of amides is 5. The molecule has 2 fully saturated rings. The monoisotopic (exact) mass is 874 g/mol. The number of unbranched alkanes of at least 4 members (excludes halogenated alkanes) is 6. The highest BCUT2D eigenvalue weighted by atomic mass is 19.4. The summed E-state index contributed by atoms with van der Waals surface area (Å²) >= 11 is 0. The zero-order valence-electron chi connectivity index (χ0n) is 35.9. The Hall–Kier alpha value is -5.58. The first kappa shape index (κ1) is 45.4. The van der Waals surface area contributed by atoms with Crippen LogP contribution in [0, 0.1) is 5.41 Å². The van der Waals surface area contributed by atoms with Gasteiger partial charge in [-0.3, -0.25) is 34.1 Å². The number of hydrogen-bond acceptors (Lipinski definition) is 9. The molecule has 17 heteroatoms. The number of hydrogen-bond donors (Lipinski definition) is 5. The lowest BCUT2D eigenvalue weighted by atomic mass is 9.75. The van der Waals surface area contributed by atoms with Gasteiger partial charge < -0.3 is 26.6 Å². The van der Waals surface area contributed by atoms with Crippen molar-refractivity contribution in [1.29, 1.82) is 0 Å². The Morgan fingerprint density at radius 2 is 1.59 bits per heavy atom. The number of halogens is 3. The van der Waals surface area contributed by atoms with E-state index >= 15 is 0 Å². The zero-order valence-corrected chi connectivity index (χ0v) is 35.9. The maximum absolute atomic E-state index is 14.1. The number of nitrogens with zero attached hydrogens (tertiary/aromatic N) is 3. The lowest BCUT2D eigenvalue weighted by Gasteiger charge is -2.31. The van der Waals surface area contributed by atoms with Crippen molar-refractivity contribution in [3.63, 3.8) is 0 Å². The molecule has 0 spiro atoms. The molecule has 2 aliphatic carbocycles. The van der Waals surface area contributed by atoms with Crippen LogP contribution in [0.15, 0.2) is 36.4 Å². The first-order valence-electron chi connectivity index (χ1n) is 22.2. The van der Waals surface area contributed by atoms with Crippen LogP contribution in [0.2, 0.25) is 0 Å². The lowest BCUT2D eigenvalue weighted by Crippen LogP contribution is -2.52. The third-order valence-electron chi connectivity index (χ3n) is 12.8. The van der Waals surface area contributed by atoms with Gasteiger partial charge in [0.2, 0.25) is 17.7 Å². The number of alkyl halides is 3. The number of rotatable bonds is 17. The molecule has 5 amide bonds. The number of carbonyl (C=O) groups is 6. The van der Waals surface area contributed by atoms with Crippen molar-refractivity contribution in [2.24, 2.45) is 11.1 Å². The van der Waals surface area contributed by atoms with E-state index in [1.54, 1.807) is 24.3 Å². The number of Topliss-reactive ketones (excluding diaryl/α,β-unsaturated/α-hetero) is 1. The molecule has 6 N–H and O–H groups in total. The van der Waals surface area contributed by atoms with E-state index in [0.717, 1.165) is 77.2 Å². The number of piperidine rings is 1. The second-order valence-corrected chi connectivity index (χ2v) is 18.3. The minimum Gasteiger partial charge on any atom is -0.382 e. The Labute approximate surface area is 364 Å².